The highest BCUT2D eigenvalue weighted by Gasteiger charge is 2.34. The molecule has 2 N–H and O–H groups in total. The third-order valence-corrected chi connectivity index (χ3v) is 2.89. The van der Waals surface area contributed by atoms with Crippen LogP contribution in [0.3, 0.4) is 0 Å². The fraction of sp³-hybridized carbons (Fsp3) is 0.636. The zero-order chi connectivity index (χ0) is 11.6. The summed E-state index contributed by atoms with van der Waals surface area (Å²) >= 11 is 0. The first-order valence-corrected chi connectivity index (χ1v) is 5.16. The number of carbonyl (C=O) groups excluding carboxylic acids is 2. The van der Waals surface area contributed by atoms with Gasteiger partial charge in [-0.1, -0.05) is 5.57 Å². The third-order valence-electron chi connectivity index (χ3n) is 2.89. The summed E-state index contributed by atoms with van der Waals surface area (Å²) in [6.45, 7) is 7.04. The number of likely N-dealkylation sites (tertiary alicyclic amines) is 1. The Morgan fingerprint density at radius 3 is 2.00 bits per heavy atom. The molecule has 1 atom stereocenters. The quantitative estimate of drug-likeness (QED) is 0.542. The Balaban J connectivity index is 2.85. The fourth-order valence-corrected chi connectivity index (χ4v) is 1.53. The summed E-state index contributed by atoms with van der Waals surface area (Å²) < 4.78 is 0. The highest BCUT2D eigenvalue weighted by molar-refractivity contribution is 6.12. The third kappa shape index (κ3) is 2.45. The maximum absolute atomic E-state index is 12.0. The highest BCUT2D eigenvalue weighted by Crippen LogP contribution is 2.16. The number of nitrogens with two attached hydrogens (primary N) is 1. The predicted octanol–water partition coefficient (Wildman–Crippen LogP) is 0.471. The molecule has 0 saturated carbocycles. The molecule has 1 saturated heterocycles. The van der Waals surface area contributed by atoms with E-state index in [4.69, 9.17) is 5.73 Å². The number of rotatable bonds is 4. The summed E-state index contributed by atoms with van der Waals surface area (Å²) in [5.74, 6) is -0.692. The number of Topliss-reactive ketones (excluding diaryl/α,β-unsaturated/α-hetero) is 1. The Morgan fingerprint density at radius 2 is 1.73 bits per heavy atom. The van der Waals surface area contributed by atoms with E-state index >= 15 is 0 Å². The average Bonchev–Trinajstić information content (AvgIpc) is 2.07. The fourth-order valence-electron chi connectivity index (χ4n) is 1.53. The molecule has 0 radical (unpaired) electrons. The van der Waals surface area contributed by atoms with Crippen LogP contribution in [0.1, 0.15) is 27.2 Å². The molecule has 0 aromatic rings. The average molecular weight is 210 g/mol. The molecule has 1 fully saturated rings. The van der Waals surface area contributed by atoms with E-state index in [0.717, 1.165) is 25.1 Å². The molecule has 0 aliphatic carbocycles. The minimum atomic E-state index is -0.756. The van der Waals surface area contributed by atoms with E-state index in [1.165, 1.54) is 0 Å². The molecule has 1 unspecified atom stereocenters. The lowest BCUT2D eigenvalue weighted by atomic mass is 9.98. The van der Waals surface area contributed by atoms with Crippen molar-refractivity contribution in [2.24, 2.45) is 5.73 Å². The van der Waals surface area contributed by atoms with Gasteiger partial charge in [-0.05, 0) is 32.8 Å². The van der Waals surface area contributed by atoms with Crippen LogP contribution in [0.2, 0.25) is 0 Å². The number of carbonyl (C=O) groups is 2. The van der Waals surface area contributed by atoms with E-state index in [9.17, 15) is 9.59 Å². The number of amides is 1. The van der Waals surface area contributed by atoms with E-state index in [-0.39, 0.29) is 5.78 Å². The Hall–Kier alpha value is -1.16. The van der Waals surface area contributed by atoms with Crippen LogP contribution in [-0.4, -0.2) is 35.7 Å². The van der Waals surface area contributed by atoms with Crippen molar-refractivity contribution in [1.82, 2.24) is 4.90 Å². The number of nitrogens with zero attached hydrogens (tertiary/aromatic N) is 1. The van der Waals surface area contributed by atoms with Crippen LogP contribution in [0.15, 0.2) is 11.1 Å². The van der Waals surface area contributed by atoms with Gasteiger partial charge in [0.15, 0.2) is 11.8 Å². The Kier molecular flexibility index (Phi) is 3.63. The van der Waals surface area contributed by atoms with Crippen LogP contribution in [0.5, 0.6) is 0 Å². The molecule has 1 amide bonds. The van der Waals surface area contributed by atoms with Crippen LogP contribution < -0.4 is 5.73 Å². The van der Waals surface area contributed by atoms with E-state index < -0.39 is 11.9 Å². The van der Waals surface area contributed by atoms with E-state index in [1.807, 2.05) is 18.7 Å². The second kappa shape index (κ2) is 4.57. The van der Waals surface area contributed by atoms with E-state index in [2.05, 4.69) is 0 Å². The van der Waals surface area contributed by atoms with Gasteiger partial charge in [0.25, 0.3) is 0 Å². The maximum Gasteiger partial charge on any atom is 0.242 e. The topological polar surface area (TPSA) is 63.4 Å². The summed E-state index contributed by atoms with van der Waals surface area (Å²) in [6.07, 6.45) is 1.03. The van der Waals surface area contributed by atoms with Gasteiger partial charge in [0, 0.05) is 13.1 Å². The van der Waals surface area contributed by atoms with Gasteiger partial charge in [-0.25, -0.2) is 0 Å². The molecular weight excluding hydrogens is 192 g/mol. The summed E-state index contributed by atoms with van der Waals surface area (Å²) in [5, 5.41) is 0. The number of hydrogen-bond donors (Lipinski definition) is 1. The summed E-state index contributed by atoms with van der Waals surface area (Å²) in [6, 6.07) is -0.756. The molecule has 0 aromatic heterocycles. The van der Waals surface area contributed by atoms with Crippen molar-refractivity contribution < 1.29 is 9.59 Å². The van der Waals surface area contributed by atoms with Crippen LogP contribution in [0, 0.1) is 0 Å². The van der Waals surface area contributed by atoms with Crippen LogP contribution in [-0.2, 0) is 9.59 Å². The minimum Gasteiger partial charge on any atom is -0.368 e. The molecule has 0 bridgehead atoms. The van der Waals surface area contributed by atoms with Gasteiger partial charge < -0.3 is 5.73 Å². The first-order valence-electron chi connectivity index (χ1n) is 5.16. The number of allylic oxidation sites excluding steroid dienone is 1. The molecule has 1 heterocycles. The lowest BCUT2D eigenvalue weighted by Gasteiger charge is -2.35. The Morgan fingerprint density at radius 1 is 1.20 bits per heavy atom. The van der Waals surface area contributed by atoms with Crippen LogP contribution in [0.25, 0.3) is 0 Å². The molecule has 0 aromatic carbocycles. The number of hydrogen-bond acceptors (Lipinski definition) is 3. The number of ketones is 1. The molecule has 84 valence electrons. The van der Waals surface area contributed by atoms with Crippen molar-refractivity contribution in [3.05, 3.63) is 11.1 Å². The normalized spacial score (nSPS) is 17.8. The van der Waals surface area contributed by atoms with Crippen molar-refractivity contribution in [3.8, 4) is 0 Å². The first-order chi connectivity index (χ1) is 6.95. The predicted molar refractivity (Wildman–Crippen MR) is 58.2 cm³/mol. The maximum atomic E-state index is 12.0. The lowest BCUT2D eigenvalue weighted by Crippen LogP contribution is -2.55. The summed E-state index contributed by atoms with van der Waals surface area (Å²) in [7, 11) is 0. The zero-order valence-corrected chi connectivity index (χ0v) is 9.54. The highest BCUT2D eigenvalue weighted by atomic mass is 16.2. The molecular formula is C11H18N2O2. The van der Waals surface area contributed by atoms with Crippen molar-refractivity contribution in [2.45, 2.75) is 33.2 Å². The van der Waals surface area contributed by atoms with E-state index in [1.54, 1.807) is 6.92 Å². The minimum absolute atomic E-state index is 0.151. The van der Waals surface area contributed by atoms with Gasteiger partial charge in [-0.15, -0.1) is 0 Å². The number of primary amides is 1. The zero-order valence-electron chi connectivity index (χ0n) is 9.54. The van der Waals surface area contributed by atoms with Gasteiger partial charge in [-0.3, -0.25) is 14.5 Å². The van der Waals surface area contributed by atoms with Gasteiger partial charge in [-0.2, -0.15) is 0 Å². The molecule has 15 heavy (non-hydrogen) atoms. The largest absolute Gasteiger partial charge is 0.368 e. The smallest absolute Gasteiger partial charge is 0.242 e. The van der Waals surface area contributed by atoms with E-state index in [0.29, 0.717) is 5.57 Å². The van der Waals surface area contributed by atoms with Crippen molar-refractivity contribution in [1.29, 1.82) is 0 Å². The standard InChI is InChI=1S/C11H18N2O2/c1-7(2)8(3)10(14)9(11(12)15)13-5-4-6-13/h9H,4-6H2,1-3H3,(H2,12,15). The van der Waals surface area contributed by atoms with Gasteiger partial charge >= 0.3 is 0 Å². The molecule has 1 rings (SSSR count). The van der Waals surface area contributed by atoms with Crippen molar-refractivity contribution in [2.75, 3.05) is 13.1 Å². The Labute approximate surface area is 90.1 Å². The van der Waals surface area contributed by atoms with Crippen molar-refractivity contribution >= 4 is 11.7 Å². The molecule has 4 nitrogen and oxygen atoms in total. The van der Waals surface area contributed by atoms with Gasteiger partial charge in [0.1, 0.15) is 0 Å². The van der Waals surface area contributed by atoms with Crippen LogP contribution in [0.4, 0.5) is 0 Å². The second-order valence-corrected chi connectivity index (χ2v) is 4.18. The molecule has 0 spiro atoms. The second-order valence-electron chi connectivity index (χ2n) is 4.18. The van der Waals surface area contributed by atoms with Crippen LogP contribution >= 0.6 is 0 Å². The summed E-state index contributed by atoms with van der Waals surface area (Å²) in [5.41, 5.74) is 6.84. The summed E-state index contributed by atoms with van der Waals surface area (Å²) in [4.78, 5) is 25.0. The van der Waals surface area contributed by atoms with Gasteiger partial charge in [0.2, 0.25) is 5.91 Å². The molecule has 4 heteroatoms. The first kappa shape index (κ1) is 11.9. The van der Waals surface area contributed by atoms with Gasteiger partial charge in [0.05, 0.1) is 0 Å². The molecule has 1 aliphatic rings. The lowest BCUT2D eigenvalue weighted by molar-refractivity contribution is -0.133. The van der Waals surface area contributed by atoms with Crippen molar-refractivity contribution in [3.63, 3.8) is 0 Å². The SMILES string of the molecule is CC(C)=C(C)C(=O)C(C(N)=O)N1CCC1. The molecule has 1 aliphatic heterocycles. The Bertz CT molecular complexity index is 313. The monoisotopic (exact) mass is 210 g/mol.